The van der Waals surface area contributed by atoms with Crippen LogP contribution >= 0.6 is 0 Å². The van der Waals surface area contributed by atoms with E-state index in [1.165, 1.54) is 13.8 Å². The summed E-state index contributed by atoms with van der Waals surface area (Å²) in [5.41, 5.74) is 5.16. The average molecular weight is 1190 g/mol. The lowest BCUT2D eigenvalue weighted by molar-refractivity contribution is -0.157. The standard InChI is InChI=1S/C63H99N7O15/c1-13-34(7)45(30-47(73)46(24-25-51(64)77)65-58(80)42(32-71)28-49(75)52(35(8)14-2)66-57(79)41(17-5)27-40-22-20-19-21-23-40)60(82)67-53(36(9)15-3)50(76)29-43(33-72)59(81)68-55-39(12)85-61(83)54(37(10)16-4)69-62(84)63(31-44(63)18-6)70-56(78)38(11)26-48(55)74/h19-23,34-39,41-46,52-55,71-72H,13-18,24-33H2,1-12H3,(H2,64,77)(H,65,80)(H,66,79)(H,67,82)(H,68,81)(H,69,84)(H,70,78)/t34-,35-,36-,37-,38+,39-,41+,42-,43-,44?,45+,46+,52-,53-,54-,55+,63?/m0/s1. The van der Waals surface area contributed by atoms with Gasteiger partial charge in [-0.25, -0.2) is 4.79 Å². The Labute approximate surface area is 502 Å². The number of amides is 7. The molecule has 1 aromatic rings. The molecule has 1 aliphatic carbocycles. The molecule has 2 unspecified atom stereocenters. The molecule has 22 nitrogen and oxygen atoms in total. The Balaban J connectivity index is 1.85. The van der Waals surface area contributed by atoms with Crippen LogP contribution in [0.3, 0.4) is 0 Å². The highest BCUT2D eigenvalue weighted by molar-refractivity contribution is 6.01. The fraction of sp³-hybridized carbons (Fsp3) is 0.714. The van der Waals surface area contributed by atoms with Gasteiger partial charge in [0.05, 0.1) is 43.2 Å². The zero-order valence-electron chi connectivity index (χ0n) is 52.2. The fourth-order valence-corrected chi connectivity index (χ4v) is 10.9. The number of nitrogens with two attached hydrogens (primary N) is 1. The molecule has 1 spiro atoms. The number of benzene rings is 1. The van der Waals surface area contributed by atoms with Crippen molar-refractivity contribution in [2.24, 2.45) is 64.9 Å². The van der Waals surface area contributed by atoms with Crippen LogP contribution in [0.1, 0.15) is 172 Å². The number of esters is 1. The van der Waals surface area contributed by atoms with Crippen molar-refractivity contribution in [3.05, 3.63) is 35.9 Å². The Morgan fingerprint density at radius 3 is 1.72 bits per heavy atom. The van der Waals surface area contributed by atoms with Crippen LogP contribution in [0.5, 0.6) is 0 Å². The number of aliphatic hydroxyl groups is 2. The van der Waals surface area contributed by atoms with Crippen molar-refractivity contribution in [2.45, 2.75) is 215 Å². The molecular weight excluding hydrogens is 1090 g/mol. The first kappa shape index (κ1) is 72.8. The summed E-state index contributed by atoms with van der Waals surface area (Å²) in [5, 5.41) is 37.6. The largest absolute Gasteiger partial charge is 0.458 e. The van der Waals surface area contributed by atoms with Crippen molar-refractivity contribution in [1.82, 2.24) is 31.9 Å². The van der Waals surface area contributed by atoms with Crippen molar-refractivity contribution in [2.75, 3.05) is 13.2 Å². The highest BCUT2D eigenvalue weighted by atomic mass is 16.5. The number of ether oxygens (including phenoxy) is 1. The Kier molecular flexibility index (Phi) is 29.7. The molecule has 1 aliphatic heterocycles. The van der Waals surface area contributed by atoms with Gasteiger partial charge < -0.3 is 52.6 Å². The summed E-state index contributed by atoms with van der Waals surface area (Å²) in [6.07, 6.45) is -0.586. The monoisotopic (exact) mass is 1190 g/mol. The smallest absolute Gasteiger partial charge is 0.329 e. The van der Waals surface area contributed by atoms with E-state index in [4.69, 9.17) is 10.5 Å². The van der Waals surface area contributed by atoms with Crippen LogP contribution in [0, 0.1) is 59.2 Å². The number of primary amides is 1. The van der Waals surface area contributed by atoms with E-state index in [1.807, 2.05) is 58.0 Å². The fourth-order valence-electron chi connectivity index (χ4n) is 10.9. The van der Waals surface area contributed by atoms with Gasteiger partial charge in [0.25, 0.3) is 0 Å². The van der Waals surface area contributed by atoms with Crippen molar-refractivity contribution < 1.29 is 72.5 Å². The molecule has 7 amide bonds. The molecule has 476 valence electrons. The summed E-state index contributed by atoms with van der Waals surface area (Å²) in [7, 11) is 0. The molecule has 0 bridgehead atoms. The number of carbonyl (C=O) groups is 12. The molecule has 2 fully saturated rings. The maximum atomic E-state index is 14.5. The van der Waals surface area contributed by atoms with Gasteiger partial charge in [-0.1, -0.05) is 139 Å². The molecule has 1 saturated carbocycles. The van der Waals surface area contributed by atoms with E-state index in [1.54, 1.807) is 41.5 Å². The topological polar surface area (TPSA) is 353 Å². The number of hydrogen-bond acceptors (Lipinski definition) is 15. The second-order valence-corrected chi connectivity index (χ2v) is 24.2. The van der Waals surface area contributed by atoms with Gasteiger partial charge in [-0.2, -0.15) is 0 Å². The molecule has 1 saturated heterocycles. The van der Waals surface area contributed by atoms with Crippen LogP contribution in [-0.4, -0.2) is 136 Å². The molecule has 2 aliphatic rings. The van der Waals surface area contributed by atoms with E-state index in [0.717, 1.165) is 5.56 Å². The van der Waals surface area contributed by atoms with E-state index < -0.39 is 193 Å². The second kappa shape index (κ2) is 34.7. The minimum Gasteiger partial charge on any atom is -0.458 e. The Morgan fingerprint density at radius 1 is 0.682 bits per heavy atom. The number of hydrogen-bond donors (Lipinski definition) is 9. The summed E-state index contributed by atoms with van der Waals surface area (Å²) < 4.78 is 5.80. The van der Waals surface area contributed by atoms with Crippen LogP contribution in [-0.2, 0) is 68.7 Å². The van der Waals surface area contributed by atoms with Crippen molar-refractivity contribution in [3.63, 3.8) is 0 Å². The predicted molar refractivity (Wildman–Crippen MR) is 317 cm³/mol. The SMILES string of the molecule is CCC1CC12NC(=O)[C@H](C)CC(=O)[C@H](NC(=O)[C@H](CO)CC(=O)[C@@H](NC(=O)[C@H](CC(=O)[C@@H](CCC(N)=O)NC(=O)[C@H](CO)CC(=O)[C@@H](NC(=O)[C@H](CC)Cc1ccccc1)[C@@H](C)CC)[C@@H](C)CC)[C@@H](C)CC)[C@H](C)OC(=O)[C@H]([C@@H](C)CC)NC2=O. The summed E-state index contributed by atoms with van der Waals surface area (Å²) in [6, 6.07) is 3.02. The summed E-state index contributed by atoms with van der Waals surface area (Å²) in [5.74, 6) is -15.7. The molecule has 1 aromatic carbocycles. The molecule has 0 radical (unpaired) electrons. The van der Waals surface area contributed by atoms with Crippen LogP contribution < -0.4 is 37.6 Å². The van der Waals surface area contributed by atoms with Gasteiger partial charge in [0.15, 0.2) is 23.1 Å². The average Bonchev–Trinajstić information content (AvgIpc) is 2.26. The van der Waals surface area contributed by atoms with Crippen molar-refractivity contribution in [3.8, 4) is 0 Å². The van der Waals surface area contributed by atoms with Crippen LogP contribution in [0.4, 0.5) is 0 Å². The lowest BCUT2D eigenvalue weighted by atomic mass is 9.83. The Bertz CT molecular complexity index is 2490. The van der Waals surface area contributed by atoms with Gasteiger partial charge in [-0.15, -0.1) is 0 Å². The minimum atomic E-state index is -1.57. The molecule has 85 heavy (non-hydrogen) atoms. The van der Waals surface area contributed by atoms with E-state index in [0.29, 0.717) is 51.4 Å². The summed E-state index contributed by atoms with van der Waals surface area (Å²) in [6.45, 7) is 19.0. The zero-order chi connectivity index (χ0) is 64.0. The third kappa shape index (κ3) is 20.6. The summed E-state index contributed by atoms with van der Waals surface area (Å²) >= 11 is 0. The van der Waals surface area contributed by atoms with Gasteiger partial charge >= 0.3 is 5.97 Å². The van der Waals surface area contributed by atoms with E-state index in [2.05, 4.69) is 31.9 Å². The maximum Gasteiger partial charge on any atom is 0.329 e. The third-order valence-corrected chi connectivity index (χ3v) is 17.9. The molecule has 0 aromatic heterocycles. The number of ketones is 4. The van der Waals surface area contributed by atoms with Gasteiger partial charge in [0.1, 0.15) is 23.7 Å². The summed E-state index contributed by atoms with van der Waals surface area (Å²) in [4.78, 5) is 166. The van der Waals surface area contributed by atoms with E-state index >= 15 is 0 Å². The molecular formula is C63H99N7O15. The van der Waals surface area contributed by atoms with Gasteiger partial charge in [0, 0.05) is 49.9 Å². The molecule has 10 N–H and O–H groups in total. The first-order valence-electron chi connectivity index (χ1n) is 30.8. The number of carbonyl (C=O) groups excluding carboxylic acids is 12. The number of nitrogens with one attached hydrogen (secondary N) is 6. The Morgan fingerprint density at radius 2 is 1.22 bits per heavy atom. The highest BCUT2D eigenvalue weighted by Gasteiger charge is 2.61. The van der Waals surface area contributed by atoms with Crippen LogP contribution in [0.2, 0.25) is 0 Å². The van der Waals surface area contributed by atoms with E-state index in [-0.39, 0.29) is 30.6 Å². The lowest BCUT2D eigenvalue weighted by Gasteiger charge is -2.30. The number of cyclic esters (lactones) is 1. The number of rotatable bonds is 34. The van der Waals surface area contributed by atoms with Gasteiger partial charge in [0.2, 0.25) is 41.4 Å². The van der Waals surface area contributed by atoms with E-state index in [9.17, 15) is 67.7 Å². The molecule has 17 atom stereocenters. The Hall–Kier alpha value is -6.42. The lowest BCUT2D eigenvalue weighted by Crippen LogP contribution is -2.57. The first-order valence-corrected chi connectivity index (χ1v) is 30.8. The molecule has 1 heterocycles. The maximum absolute atomic E-state index is 14.5. The molecule has 3 rings (SSSR count). The number of Topliss-reactive ketones (excluding diaryl/α,β-unsaturated/α-hetero) is 4. The minimum absolute atomic E-state index is 0.206. The predicted octanol–water partition coefficient (Wildman–Crippen LogP) is 3.67. The normalized spacial score (nSPS) is 24.0. The van der Waals surface area contributed by atoms with Crippen LogP contribution in [0.15, 0.2) is 30.3 Å². The zero-order valence-corrected chi connectivity index (χ0v) is 52.2. The molecule has 22 heteroatoms. The van der Waals surface area contributed by atoms with Crippen molar-refractivity contribution >= 4 is 70.5 Å². The van der Waals surface area contributed by atoms with Crippen LogP contribution in [0.25, 0.3) is 0 Å². The van der Waals surface area contributed by atoms with Gasteiger partial charge in [-0.05, 0) is 67.8 Å². The first-order chi connectivity index (χ1) is 40.1. The van der Waals surface area contributed by atoms with Gasteiger partial charge in [-0.3, -0.25) is 52.7 Å². The third-order valence-electron chi connectivity index (χ3n) is 17.9. The van der Waals surface area contributed by atoms with Crippen molar-refractivity contribution in [1.29, 1.82) is 0 Å². The second-order valence-electron chi connectivity index (χ2n) is 24.2. The number of aliphatic hydroxyl groups excluding tert-OH is 2. The quantitative estimate of drug-likeness (QED) is 0.0445. The highest BCUT2D eigenvalue weighted by Crippen LogP contribution is 2.46.